The van der Waals surface area contributed by atoms with E-state index < -0.39 is 0 Å². The largest absolute Gasteiger partial charge is 0.347 e. The van der Waals surface area contributed by atoms with Crippen molar-refractivity contribution in [2.75, 3.05) is 5.32 Å². The van der Waals surface area contributed by atoms with Gasteiger partial charge in [0.2, 0.25) is 0 Å². The SMILES string of the molecule is C/C=C(/c1csc(Nc2ccc(C)cn2)n1)N1C=CN/C1=C\CC. The third-order valence-electron chi connectivity index (χ3n) is 3.56. The van der Waals surface area contributed by atoms with Gasteiger partial charge in [0.15, 0.2) is 5.13 Å². The van der Waals surface area contributed by atoms with Gasteiger partial charge in [0.25, 0.3) is 0 Å². The lowest BCUT2D eigenvalue weighted by molar-refractivity contribution is 0.645. The molecule has 0 amide bonds. The Bertz CT molecular complexity index is 786. The molecule has 0 saturated heterocycles. The first-order valence-corrected chi connectivity index (χ1v) is 8.83. The molecule has 1 aliphatic heterocycles. The van der Waals surface area contributed by atoms with Crippen LogP contribution in [-0.2, 0) is 0 Å². The van der Waals surface area contributed by atoms with Crippen molar-refractivity contribution < 1.29 is 0 Å². The molecule has 3 heterocycles. The molecule has 0 aliphatic carbocycles. The van der Waals surface area contributed by atoms with Crippen molar-refractivity contribution in [3.8, 4) is 0 Å². The lowest BCUT2D eigenvalue weighted by Crippen LogP contribution is -2.17. The van der Waals surface area contributed by atoms with Crippen LogP contribution in [0.2, 0.25) is 0 Å². The van der Waals surface area contributed by atoms with Crippen LogP contribution in [0.5, 0.6) is 0 Å². The second kappa shape index (κ2) is 7.31. The van der Waals surface area contributed by atoms with E-state index in [9.17, 15) is 0 Å². The zero-order valence-corrected chi connectivity index (χ0v) is 14.9. The fourth-order valence-corrected chi connectivity index (χ4v) is 3.13. The lowest BCUT2D eigenvalue weighted by atomic mass is 10.3. The van der Waals surface area contributed by atoms with E-state index >= 15 is 0 Å². The highest BCUT2D eigenvalue weighted by atomic mass is 32.1. The summed E-state index contributed by atoms with van der Waals surface area (Å²) in [6.07, 6.45) is 11.0. The molecule has 0 radical (unpaired) electrons. The van der Waals surface area contributed by atoms with Crippen molar-refractivity contribution >= 4 is 28.0 Å². The summed E-state index contributed by atoms with van der Waals surface area (Å²) in [6, 6.07) is 3.99. The van der Waals surface area contributed by atoms with Gasteiger partial charge in [0, 0.05) is 24.0 Å². The first kappa shape index (κ1) is 16.3. The number of nitrogens with one attached hydrogen (secondary N) is 2. The van der Waals surface area contributed by atoms with Crippen LogP contribution in [0.4, 0.5) is 10.9 Å². The Hall–Kier alpha value is -2.60. The summed E-state index contributed by atoms with van der Waals surface area (Å²) in [4.78, 5) is 11.2. The number of hydrogen-bond donors (Lipinski definition) is 2. The monoisotopic (exact) mass is 339 g/mol. The summed E-state index contributed by atoms with van der Waals surface area (Å²) in [5, 5.41) is 9.41. The van der Waals surface area contributed by atoms with Crippen molar-refractivity contribution in [2.24, 2.45) is 0 Å². The van der Waals surface area contributed by atoms with Crippen LogP contribution < -0.4 is 10.6 Å². The van der Waals surface area contributed by atoms with Crippen molar-refractivity contribution in [3.63, 3.8) is 0 Å². The number of allylic oxidation sites excluding steroid dienone is 2. The van der Waals surface area contributed by atoms with Crippen molar-refractivity contribution in [2.45, 2.75) is 27.2 Å². The molecule has 0 unspecified atom stereocenters. The Kier molecular flexibility index (Phi) is 4.96. The Morgan fingerprint density at radius 3 is 3.00 bits per heavy atom. The highest BCUT2D eigenvalue weighted by molar-refractivity contribution is 7.13. The zero-order chi connectivity index (χ0) is 16.9. The summed E-state index contributed by atoms with van der Waals surface area (Å²) in [7, 11) is 0. The standard InChI is InChI=1S/C18H21N5S/c1-4-6-17-19-9-10-23(17)15(5-2)14-12-24-18(21-14)22-16-8-7-13(3)11-20-16/h5-12,19H,4H2,1-3H3,(H,20,21,22)/b15-5-,17-6+. The lowest BCUT2D eigenvalue weighted by Gasteiger charge is -2.20. The van der Waals surface area contributed by atoms with E-state index in [1.165, 1.54) is 0 Å². The maximum absolute atomic E-state index is 4.71. The third kappa shape index (κ3) is 3.49. The van der Waals surface area contributed by atoms with Crippen LogP contribution in [0.3, 0.4) is 0 Å². The zero-order valence-electron chi connectivity index (χ0n) is 14.1. The predicted octanol–water partition coefficient (Wildman–Crippen LogP) is 4.58. The molecule has 124 valence electrons. The molecule has 1 aliphatic rings. The Labute approximate surface area is 146 Å². The molecule has 24 heavy (non-hydrogen) atoms. The summed E-state index contributed by atoms with van der Waals surface area (Å²) in [5.74, 6) is 1.87. The topological polar surface area (TPSA) is 53.1 Å². The van der Waals surface area contributed by atoms with Gasteiger partial charge < -0.3 is 15.5 Å². The van der Waals surface area contributed by atoms with Gasteiger partial charge >= 0.3 is 0 Å². The fraction of sp³-hybridized carbons (Fsp3) is 0.222. The van der Waals surface area contributed by atoms with E-state index in [2.05, 4.69) is 45.0 Å². The fourth-order valence-electron chi connectivity index (χ4n) is 2.42. The average Bonchev–Trinajstić information content (AvgIpc) is 3.22. The summed E-state index contributed by atoms with van der Waals surface area (Å²) in [6.45, 7) is 6.18. The van der Waals surface area contributed by atoms with Gasteiger partial charge in [-0.25, -0.2) is 9.97 Å². The van der Waals surface area contributed by atoms with E-state index in [1.807, 2.05) is 44.6 Å². The van der Waals surface area contributed by atoms with Crippen molar-refractivity contribution in [1.82, 2.24) is 20.2 Å². The molecule has 2 aromatic heterocycles. The molecule has 2 N–H and O–H groups in total. The van der Waals surface area contributed by atoms with E-state index in [1.54, 1.807) is 11.3 Å². The molecule has 0 atom stereocenters. The van der Waals surface area contributed by atoms with Crippen molar-refractivity contribution in [3.05, 3.63) is 65.3 Å². The first-order valence-electron chi connectivity index (χ1n) is 7.95. The molecule has 0 aromatic carbocycles. The highest BCUT2D eigenvalue weighted by Gasteiger charge is 2.18. The number of hydrogen-bond acceptors (Lipinski definition) is 6. The molecule has 0 fully saturated rings. The van der Waals surface area contributed by atoms with Crippen LogP contribution >= 0.6 is 11.3 Å². The molecule has 5 nitrogen and oxygen atoms in total. The molecular weight excluding hydrogens is 318 g/mol. The molecule has 3 rings (SSSR count). The van der Waals surface area contributed by atoms with Crippen LogP contribution in [0.25, 0.3) is 5.70 Å². The average molecular weight is 339 g/mol. The van der Waals surface area contributed by atoms with E-state index in [0.717, 1.165) is 40.1 Å². The van der Waals surface area contributed by atoms with Gasteiger partial charge in [-0.05, 0) is 38.0 Å². The predicted molar refractivity (Wildman–Crippen MR) is 101 cm³/mol. The minimum Gasteiger partial charge on any atom is -0.347 e. The maximum atomic E-state index is 4.71. The highest BCUT2D eigenvalue weighted by Crippen LogP contribution is 2.29. The van der Waals surface area contributed by atoms with Gasteiger partial charge in [-0.15, -0.1) is 11.3 Å². The minimum atomic E-state index is 0.804. The minimum absolute atomic E-state index is 0.804. The van der Waals surface area contributed by atoms with E-state index in [-0.39, 0.29) is 0 Å². The number of thiazole rings is 1. The number of pyridine rings is 1. The van der Waals surface area contributed by atoms with Gasteiger partial charge in [-0.3, -0.25) is 0 Å². The number of aromatic nitrogens is 2. The molecule has 0 saturated carbocycles. The Balaban J connectivity index is 1.79. The number of nitrogens with zero attached hydrogens (tertiary/aromatic N) is 3. The van der Waals surface area contributed by atoms with Crippen LogP contribution in [0.15, 0.2) is 54.1 Å². The number of anilines is 2. The van der Waals surface area contributed by atoms with E-state index in [0.29, 0.717) is 0 Å². The van der Waals surface area contributed by atoms with Gasteiger partial charge in [-0.1, -0.05) is 19.1 Å². The van der Waals surface area contributed by atoms with E-state index in [4.69, 9.17) is 4.98 Å². The summed E-state index contributed by atoms with van der Waals surface area (Å²) in [5.41, 5.74) is 3.13. The van der Waals surface area contributed by atoms with Gasteiger partial charge in [0.05, 0.1) is 5.70 Å². The third-order valence-corrected chi connectivity index (χ3v) is 4.32. The quantitative estimate of drug-likeness (QED) is 0.835. The normalized spacial score (nSPS) is 15.9. The molecule has 2 aromatic rings. The Morgan fingerprint density at radius 2 is 2.29 bits per heavy atom. The summed E-state index contributed by atoms with van der Waals surface area (Å²) < 4.78 is 0. The smallest absolute Gasteiger partial charge is 0.188 e. The maximum Gasteiger partial charge on any atom is 0.188 e. The number of rotatable bonds is 5. The molecule has 6 heteroatoms. The van der Waals surface area contributed by atoms with Crippen LogP contribution in [0, 0.1) is 6.92 Å². The van der Waals surface area contributed by atoms with Crippen LogP contribution in [0.1, 0.15) is 31.5 Å². The van der Waals surface area contributed by atoms with Crippen molar-refractivity contribution in [1.29, 1.82) is 0 Å². The molecular formula is C18H21N5S. The Morgan fingerprint density at radius 1 is 1.42 bits per heavy atom. The van der Waals surface area contributed by atoms with Gasteiger partial charge in [0.1, 0.15) is 17.3 Å². The second-order valence-electron chi connectivity index (χ2n) is 5.39. The second-order valence-corrected chi connectivity index (χ2v) is 6.24. The van der Waals surface area contributed by atoms with Crippen LogP contribution in [-0.4, -0.2) is 14.9 Å². The number of aryl methyl sites for hydroxylation is 1. The molecule has 0 spiro atoms. The first-order chi connectivity index (χ1) is 11.7. The summed E-state index contributed by atoms with van der Waals surface area (Å²) >= 11 is 1.57. The van der Waals surface area contributed by atoms with Gasteiger partial charge in [-0.2, -0.15) is 0 Å². The molecule has 0 bridgehead atoms.